The van der Waals surface area contributed by atoms with Crippen LogP contribution in [-0.4, -0.2) is 5.54 Å². The SMILES string of the molecule is C=CCC1(Nc2ccc(Cl)cc2)CCCC1. The molecule has 1 fully saturated rings. The number of rotatable bonds is 4. The van der Waals surface area contributed by atoms with Crippen molar-refractivity contribution in [2.75, 3.05) is 5.32 Å². The van der Waals surface area contributed by atoms with Crippen molar-refractivity contribution < 1.29 is 0 Å². The van der Waals surface area contributed by atoms with Gasteiger partial charge in [-0.2, -0.15) is 0 Å². The van der Waals surface area contributed by atoms with Crippen molar-refractivity contribution in [2.45, 2.75) is 37.6 Å². The molecule has 1 N–H and O–H groups in total. The number of nitrogens with one attached hydrogen (secondary N) is 1. The normalized spacial score (nSPS) is 18.3. The van der Waals surface area contributed by atoms with Crippen LogP contribution in [0.15, 0.2) is 36.9 Å². The van der Waals surface area contributed by atoms with E-state index >= 15 is 0 Å². The summed E-state index contributed by atoms with van der Waals surface area (Å²) in [7, 11) is 0. The molecule has 0 unspecified atom stereocenters. The van der Waals surface area contributed by atoms with E-state index in [9.17, 15) is 0 Å². The lowest BCUT2D eigenvalue weighted by Gasteiger charge is -2.30. The van der Waals surface area contributed by atoms with Crippen LogP contribution in [-0.2, 0) is 0 Å². The first kappa shape index (κ1) is 11.5. The van der Waals surface area contributed by atoms with Crippen molar-refractivity contribution >= 4 is 17.3 Å². The minimum absolute atomic E-state index is 0.232. The largest absolute Gasteiger partial charge is 0.379 e. The lowest BCUT2D eigenvalue weighted by Crippen LogP contribution is -2.34. The Morgan fingerprint density at radius 1 is 1.25 bits per heavy atom. The molecule has 0 aliphatic heterocycles. The third kappa shape index (κ3) is 2.59. The van der Waals surface area contributed by atoms with Crippen molar-refractivity contribution in [1.82, 2.24) is 0 Å². The molecule has 1 nitrogen and oxygen atoms in total. The summed E-state index contributed by atoms with van der Waals surface area (Å²) < 4.78 is 0. The van der Waals surface area contributed by atoms with Crippen LogP contribution in [0.1, 0.15) is 32.1 Å². The maximum Gasteiger partial charge on any atom is 0.0408 e. The van der Waals surface area contributed by atoms with Gasteiger partial charge in [0.15, 0.2) is 0 Å². The molecule has 1 aromatic rings. The molecular weight excluding hydrogens is 218 g/mol. The predicted molar refractivity (Wildman–Crippen MR) is 71.1 cm³/mol. The first-order valence-corrected chi connectivity index (χ1v) is 6.27. The van der Waals surface area contributed by atoms with E-state index in [1.165, 1.54) is 25.7 Å². The van der Waals surface area contributed by atoms with E-state index in [0.29, 0.717) is 0 Å². The molecule has 0 spiro atoms. The van der Waals surface area contributed by atoms with Crippen molar-refractivity contribution in [2.24, 2.45) is 0 Å². The standard InChI is InChI=1S/C14H18ClN/c1-2-9-14(10-3-4-11-14)16-13-7-5-12(15)6-8-13/h2,5-8,16H,1,3-4,9-11H2. The lowest BCUT2D eigenvalue weighted by atomic mass is 9.93. The van der Waals surface area contributed by atoms with Crippen LogP contribution in [0.2, 0.25) is 5.02 Å². The quantitative estimate of drug-likeness (QED) is 0.750. The van der Waals surface area contributed by atoms with Gasteiger partial charge in [-0.15, -0.1) is 6.58 Å². The third-order valence-electron chi connectivity index (χ3n) is 3.35. The van der Waals surface area contributed by atoms with Gasteiger partial charge in [0.05, 0.1) is 0 Å². The number of benzene rings is 1. The molecule has 1 aliphatic rings. The molecular formula is C14H18ClN. The summed E-state index contributed by atoms with van der Waals surface area (Å²) >= 11 is 5.88. The molecule has 0 saturated heterocycles. The van der Waals surface area contributed by atoms with Crippen LogP contribution in [0.25, 0.3) is 0 Å². The molecule has 0 bridgehead atoms. The minimum atomic E-state index is 0.232. The summed E-state index contributed by atoms with van der Waals surface area (Å²) in [5, 5.41) is 4.44. The molecule has 16 heavy (non-hydrogen) atoms. The van der Waals surface area contributed by atoms with Gasteiger partial charge in [-0.05, 0) is 43.5 Å². The van der Waals surface area contributed by atoms with Gasteiger partial charge < -0.3 is 5.32 Å². The van der Waals surface area contributed by atoms with Gasteiger partial charge in [-0.1, -0.05) is 30.5 Å². The number of hydrogen-bond acceptors (Lipinski definition) is 1. The van der Waals surface area contributed by atoms with E-state index in [1.54, 1.807) is 0 Å². The van der Waals surface area contributed by atoms with E-state index in [0.717, 1.165) is 17.1 Å². The smallest absolute Gasteiger partial charge is 0.0408 e. The second kappa shape index (κ2) is 4.92. The van der Waals surface area contributed by atoms with E-state index in [4.69, 9.17) is 11.6 Å². The maximum absolute atomic E-state index is 5.88. The molecule has 0 atom stereocenters. The van der Waals surface area contributed by atoms with Crippen LogP contribution >= 0.6 is 11.6 Å². The number of anilines is 1. The number of halogens is 1. The second-order valence-corrected chi connectivity index (χ2v) is 5.05. The maximum atomic E-state index is 5.88. The van der Waals surface area contributed by atoms with Crippen LogP contribution in [0.3, 0.4) is 0 Å². The summed E-state index contributed by atoms with van der Waals surface area (Å²) in [6, 6.07) is 7.96. The fourth-order valence-electron chi connectivity index (χ4n) is 2.55. The zero-order valence-electron chi connectivity index (χ0n) is 9.51. The second-order valence-electron chi connectivity index (χ2n) is 4.61. The van der Waals surface area contributed by atoms with Gasteiger partial charge in [-0.25, -0.2) is 0 Å². The van der Waals surface area contributed by atoms with Crippen LogP contribution in [0.5, 0.6) is 0 Å². The van der Waals surface area contributed by atoms with E-state index in [2.05, 4.69) is 11.9 Å². The highest BCUT2D eigenvalue weighted by molar-refractivity contribution is 6.30. The van der Waals surface area contributed by atoms with E-state index in [1.807, 2.05) is 30.3 Å². The minimum Gasteiger partial charge on any atom is -0.379 e. The van der Waals surface area contributed by atoms with Crippen LogP contribution < -0.4 is 5.32 Å². The summed E-state index contributed by atoms with van der Waals surface area (Å²) in [5.41, 5.74) is 1.39. The Morgan fingerprint density at radius 2 is 1.88 bits per heavy atom. The van der Waals surface area contributed by atoms with Gasteiger partial charge in [0.25, 0.3) is 0 Å². The highest BCUT2D eigenvalue weighted by atomic mass is 35.5. The Morgan fingerprint density at radius 3 is 2.44 bits per heavy atom. The summed E-state index contributed by atoms with van der Waals surface area (Å²) in [6.07, 6.45) is 8.16. The van der Waals surface area contributed by atoms with Crippen molar-refractivity contribution in [3.05, 3.63) is 41.9 Å². The van der Waals surface area contributed by atoms with Gasteiger partial charge in [0.2, 0.25) is 0 Å². The van der Waals surface area contributed by atoms with Crippen molar-refractivity contribution in [1.29, 1.82) is 0 Å². The van der Waals surface area contributed by atoms with Gasteiger partial charge in [0, 0.05) is 16.2 Å². The fraction of sp³-hybridized carbons (Fsp3) is 0.429. The Bertz CT molecular complexity index is 350. The topological polar surface area (TPSA) is 12.0 Å². The van der Waals surface area contributed by atoms with Crippen molar-refractivity contribution in [3.8, 4) is 0 Å². The molecule has 2 rings (SSSR count). The molecule has 0 aromatic heterocycles. The predicted octanol–water partition coefficient (Wildman–Crippen LogP) is 4.64. The Hall–Kier alpha value is -0.950. The summed E-state index contributed by atoms with van der Waals surface area (Å²) in [5.74, 6) is 0. The summed E-state index contributed by atoms with van der Waals surface area (Å²) in [6.45, 7) is 3.86. The Labute approximate surface area is 103 Å². The third-order valence-corrected chi connectivity index (χ3v) is 3.60. The molecule has 0 amide bonds. The van der Waals surface area contributed by atoms with Gasteiger partial charge in [-0.3, -0.25) is 0 Å². The average molecular weight is 236 g/mol. The fourth-order valence-corrected chi connectivity index (χ4v) is 2.67. The molecule has 1 saturated carbocycles. The summed E-state index contributed by atoms with van der Waals surface area (Å²) in [4.78, 5) is 0. The molecule has 1 aliphatic carbocycles. The Balaban J connectivity index is 2.11. The average Bonchev–Trinajstić information content (AvgIpc) is 2.71. The molecule has 1 aromatic carbocycles. The van der Waals surface area contributed by atoms with Crippen LogP contribution in [0.4, 0.5) is 5.69 Å². The number of hydrogen-bond donors (Lipinski definition) is 1. The monoisotopic (exact) mass is 235 g/mol. The highest BCUT2D eigenvalue weighted by Crippen LogP contribution is 2.36. The zero-order valence-corrected chi connectivity index (χ0v) is 10.3. The van der Waals surface area contributed by atoms with Gasteiger partial charge >= 0.3 is 0 Å². The van der Waals surface area contributed by atoms with E-state index in [-0.39, 0.29) is 5.54 Å². The Kier molecular flexibility index (Phi) is 3.55. The molecule has 0 radical (unpaired) electrons. The molecule has 0 heterocycles. The zero-order chi connectivity index (χ0) is 11.4. The first-order chi connectivity index (χ1) is 7.74. The molecule has 2 heteroatoms. The van der Waals surface area contributed by atoms with Crippen LogP contribution in [0, 0.1) is 0 Å². The van der Waals surface area contributed by atoms with Gasteiger partial charge in [0.1, 0.15) is 0 Å². The lowest BCUT2D eigenvalue weighted by molar-refractivity contribution is 0.488. The van der Waals surface area contributed by atoms with Crippen molar-refractivity contribution in [3.63, 3.8) is 0 Å². The first-order valence-electron chi connectivity index (χ1n) is 5.89. The molecule has 86 valence electrons. The highest BCUT2D eigenvalue weighted by Gasteiger charge is 2.32. The van der Waals surface area contributed by atoms with E-state index < -0.39 is 0 Å².